The number of carboxylic acids is 1. The summed E-state index contributed by atoms with van der Waals surface area (Å²) in [6.07, 6.45) is 4.14. The maximum absolute atomic E-state index is 10.5. The van der Waals surface area contributed by atoms with Crippen LogP contribution >= 0.6 is 0 Å². The van der Waals surface area contributed by atoms with Crippen molar-refractivity contribution in [2.24, 2.45) is 0 Å². The van der Waals surface area contributed by atoms with Crippen LogP contribution in [0.5, 0.6) is 0 Å². The van der Waals surface area contributed by atoms with E-state index in [4.69, 9.17) is 5.11 Å². The molecule has 3 heteroatoms. The van der Waals surface area contributed by atoms with Gasteiger partial charge in [0.1, 0.15) is 0 Å². The Morgan fingerprint density at radius 3 is 3.00 bits per heavy atom. The molecule has 0 saturated heterocycles. The number of carbonyl (C=O) groups is 1. The molecule has 0 spiro atoms. The monoisotopic (exact) mass is 177 g/mol. The third-order valence-electron chi connectivity index (χ3n) is 2.23. The van der Waals surface area contributed by atoms with E-state index in [9.17, 15) is 4.79 Å². The van der Waals surface area contributed by atoms with Gasteiger partial charge in [-0.15, -0.1) is 0 Å². The number of rotatable bonds is 3. The molecule has 1 aliphatic rings. The third kappa shape index (κ3) is 1.86. The van der Waals surface area contributed by atoms with E-state index in [2.05, 4.69) is 4.98 Å². The van der Waals surface area contributed by atoms with Crippen molar-refractivity contribution in [2.75, 3.05) is 0 Å². The van der Waals surface area contributed by atoms with Gasteiger partial charge >= 0.3 is 5.97 Å². The minimum absolute atomic E-state index is 0.0969. The Labute approximate surface area is 76.4 Å². The SMILES string of the molecule is O=C(O)Cc1cccnc1C1CC1. The van der Waals surface area contributed by atoms with Gasteiger partial charge in [-0.05, 0) is 24.5 Å². The minimum Gasteiger partial charge on any atom is -0.481 e. The van der Waals surface area contributed by atoms with Gasteiger partial charge in [0.2, 0.25) is 0 Å². The van der Waals surface area contributed by atoms with Crippen molar-refractivity contribution in [1.29, 1.82) is 0 Å². The van der Waals surface area contributed by atoms with Gasteiger partial charge in [-0.3, -0.25) is 9.78 Å². The predicted octanol–water partition coefficient (Wildman–Crippen LogP) is 1.59. The molecule has 2 rings (SSSR count). The third-order valence-corrected chi connectivity index (χ3v) is 2.23. The smallest absolute Gasteiger partial charge is 0.307 e. The van der Waals surface area contributed by atoms with Crippen molar-refractivity contribution in [3.05, 3.63) is 29.6 Å². The van der Waals surface area contributed by atoms with E-state index in [0.29, 0.717) is 5.92 Å². The number of nitrogens with zero attached hydrogens (tertiary/aromatic N) is 1. The molecular formula is C10H11NO2. The number of hydrogen-bond donors (Lipinski definition) is 1. The molecule has 0 radical (unpaired) electrons. The fourth-order valence-electron chi connectivity index (χ4n) is 1.49. The van der Waals surface area contributed by atoms with Crippen LogP contribution in [0, 0.1) is 0 Å². The number of hydrogen-bond acceptors (Lipinski definition) is 2. The van der Waals surface area contributed by atoms with E-state index in [-0.39, 0.29) is 6.42 Å². The highest BCUT2D eigenvalue weighted by Gasteiger charge is 2.27. The van der Waals surface area contributed by atoms with Crippen molar-refractivity contribution < 1.29 is 9.90 Å². The lowest BCUT2D eigenvalue weighted by molar-refractivity contribution is -0.136. The van der Waals surface area contributed by atoms with Crippen LogP contribution in [0.15, 0.2) is 18.3 Å². The van der Waals surface area contributed by atoms with E-state index >= 15 is 0 Å². The van der Waals surface area contributed by atoms with Crippen LogP contribution in [0.1, 0.15) is 30.0 Å². The molecule has 0 amide bonds. The number of pyridine rings is 1. The number of aliphatic carboxylic acids is 1. The average Bonchev–Trinajstić information content (AvgIpc) is 2.87. The van der Waals surface area contributed by atoms with Crippen molar-refractivity contribution >= 4 is 5.97 Å². The van der Waals surface area contributed by atoms with Gasteiger partial charge in [-0.1, -0.05) is 6.07 Å². The van der Waals surface area contributed by atoms with Gasteiger partial charge in [0.15, 0.2) is 0 Å². The highest BCUT2D eigenvalue weighted by Crippen LogP contribution is 2.40. The van der Waals surface area contributed by atoms with E-state index in [1.165, 1.54) is 0 Å². The van der Waals surface area contributed by atoms with E-state index in [1.54, 1.807) is 12.3 Å². The Balaban J connectivity index is 2.26. The zero-order valence-corrected chi connectivity index (χ0v) is 7.23. The van der Waals surface area contributed by atoms with Crippen molar-refractivity contribution in [2.45, 2.75) is 25.2 Å². The highest BCUT2D eigenvalue weighted by atomic mass is 16.4. The predicted molar refractivity (Wildman–Crippen MR) is 47.6 cm³/mol. The summed E-state index contributed by atoms with van der Waals surface area (Å²) in [5.74, 6) is -0.259. The van der Waals surface area contributed by atoms with Gasteiger partial charge in [0.25, 0.3) is 0 Å². The van der Waals surface area contributed by atoms with Crippen LogP contribution in [0.3, 0.4) is 0 Å². The molecule has 13 heavy (non-hydrogen) atoms. The van der Waals surface area contributed by atoms with Gasteiger partial charge in [0.05, 0.1) is 6.42 Å². The molecule has 1 heterocycles. The second-order valence-corrected chi connectivity index (χ2v) is 3.39. The molecule has 0 atom stereocenters. The van der Waals surface area contributed by atoms with Crippen LogP contribution in [0.4, 0.5) is 0 Å². The Hall–Kier alpha value is -1.38. The normalized spacial score (nSPS) is 15.7. The molecule has 1 aromatic heterocycles. The lowest BCUT2D eigenvalue weighted by Gasteiger charge is -2.03. The Morgan fingerprint density at radius 1 is 1.62 bits per heavy atom. The van der Waals surface area contributed by atoms with Crippen LogP contribution < -0.4 is 0 Å². The van der Waals surface area contributed by atoms with Crippen LogP contribution in [-0.4, -0.2) is 16.1 Å². The average molecular weight is 177 g/mol. The first-order chi connectivity index (χ1) is 6.27. The summed E-state index contributed by atoms with van der Waals surface area (Å²) >= 11 is 0. The molecular weight excluding hydrogens is 166 g/mol. The fraction of sp³-hybridized carbons (Fsp3) is 0.400. The molecule has 0 bridgehead atoms. The van der Waals surface area contributed by atoms with E-state index < -0.39 is 5.97 Å². The first-order valence-electron chi connectivity index (χ1n) is 4.43. The Kier molecular flexibility index (Phi) is 2.00. The van der Waals surface area contributed by atoms with Gasteiger partial charge < -0.3 is 5.11 Å². The molecule has 1 N–H and O–H groups in total. The van der Waals surface area contributed by atoms with E-state index in [1.807, 2.05) is 6.07 Å². The minimum atomic E-state index is -0.782. The topological polar surface area (TPSA) is 50.2 Å². The van der Waals surface area contributed by atoms with Crippen LogP contribution in [-0.2, 0) is 11.2 Å². The second kappa shape index (κ2) is 3.17. The first kappa shape index (κ1) is 8.23. The number of aromatic nitrogens is 1. The molecule has 1 aliphatic carbocycles. The Morgan fingerprint density at radius 2 is 2.38 bits per heavy atom. The van der Waals surface area contributed by atoms with E-state index in [0.717, 1.165) is 24.1 Å². The molecule has 68 valence electrons. The summed E-state index contributed by atoms with van der Waals surface area (Å²) in [4.78, 5) is 14.8. The van der Waals surface area contributed by atoms with Crippen LogP contribution in [0.25, 0.3) is 0 Å². The van der Waals surface area contributed by atoms with Gasteiger partial charge in [-0.2, -0.15) is 0 Å². The summed E-state index contributed by atoms with van der Waals surface area (Å²) in [5.41, 5.74) is 1.86. The molecule has 1 saturated carbocycles. The summed E-state index contributed by atoms with van der Waals surface area (Å²) in [5, 5.41) is 8.67. The van der Waals surface area contributed by atoms with Gasteiger partial charge in [0, 0.05) is 17.8 Å². The maximum Gasteiger partial charge on any atom is 0.307 e. The fourth-order valence-corrected chi connectivity index (χ4v) is 1.49. The van der Waals surface area contributed by atoms with Crippen molar-refractivity contribution in [3.8, 4) is 0 Å². The number of carboxylic acid groups (broad SMARTS) is 1. The molecule has 3 nitrogen and oxygen atoms in total. The molecule has 1 fully saturated rings. The molecule has 0 aliphatic heterocycles. The van der Waals surface area contributed by atoms with Crippen molar-refractivity contribution in [1.82, 2.24) is 4.98 Å². The highest BCUT2D eigenvalue weighted by molar-refractivity contribution is 5.70. The molecule has 1 aromatic rings. The standard InChI is InChI=1S/C10H11NO2/c12-9(13)6-8-2-1-5-11-10(8)7-3-4-7/h1-2,5,7H,3-4,6H2,(H,12,13). The van der Waals surface area contributed by atoms with Crippen molar-refractivity contribution in [3.63, 3.8) is 0 Å². The second-order valence-electron chi connectivity index (χ2n) is 3.39. The summed E-state index contributed by atoms with van der Waals surface area (Å²) in [7, 11) is 0. The lowest BCUT2D eigenvalue weighted by atomic mass is 10.1. The zero-order valence-electron chi connectivity index (χ0n) is 7.23. The Bertz CT molecular complexity index is 331. The molecule has 0 aromatic carbocycles. The lowest BCUT2D eigenvalue weighted by Crippen LogP contribution is -2.04. The van der Waals surface area contributed by atoms with Crippen LogP contribution in [0.2, 0.25) is 0 Å². The first-order valence-corrected chi connectivity index (χ1v) is 4.43. The summed E-state index contributed by atoms with van der Waals surface area (Å²) < 4.78 is 0. The van der Waals surface area contributed by atoms with Gasteiger partial charge in [-0.25, -0.2) is 0 Å². The summed E-state index contributed by atoms with van der Waals surface area (Å²) in [6.45, 7) is 0. The largest absolute Gasteiger partial charge is 0.481 e. The quantitative estimate of drug-likeness (QED) is 0.762. The summed E-state index contributed by atoms with van der Waals surface area (Å²) in [6, 6.07) is 3.65. The zero-order chi connectivity index (χ0) is 9.26. The molecule has 0 unspecified atom stereocenters. The maximum atomic E-state index is 10.5.